The van der Waals surface area contributed by atoms with Crippen LogP contribution in [0.4, 0.5) is 10.5 Å². The number of H-pyrrole nitrogens is 1. The molecule has 0 saturated carbocycles. The van der Waals surface area contributed by atoms with Crippen molar-refractivity contribution in [3.05, 3.63) is 40.4 Å². The van der Waals surface area contributed by atoms with E-state index in [1.807, 2.05) is 0 Å². The number of hydrogen-bond acceptors (Lipinski definition) is 4. The Bertz CT molecular complexity index is 644. The number of carbonyl (C=O) groups is 2. The van der Waals surface area contributed by atoms with Crippen molar-refractivity contribution in [2.24, 2.45) is 0 Å². The normalized spacial score (nSPS) is 10.1. The fraction of sp³-hybridized carbons (Fsp3) is 0.167. The molecule has 0 spiro atoms. The van der Waals surface area contributed by atoms with Gasteiger partial charge in [-0.15, -0.1) is 0 Å². The largest absolute Gasteiger partial charge is 0.478 e. The summed E-state index contributed by atoms with van der Waals surface area (Å²) < 4.78 is 0.621. The maximum absolute atomic E-state index is 11.7. The van der Waals surface area contributed by atoms with E-state index in [0.29, 0.717) is 23.3 Å². The van der Waals surface area contributed by atoms with Crippen molar-refractivity contribution in [2.45, 2.75) is 6.42 Å². The molecule has 0 bridgehead atoms. The van der Waals surface area contributed by atoms with Gasteiger partial charge in [-0.1, -0.05) is 15.9 Å². The average Bonchev–Trinajstić information content (AvgIpc) is 2.94. The van der Waals surface area contributed by atoms with E-state index in [2.05, 4.69) is 41.7 Å². The number of benzene rings is 1. The topological polar surface area (TPSA) is 120 Å². The van der Waals surface area contributed by atoms with Gasteiger partial charge < -0.3 is 15.7 Å². The lowest BCUT2D eigenvalue weighted by molar-refractivity contribution is 0.0698. The molecule has 0 saturated heterocycles. The summed E-state index contributed by atoms with van der Waals surface area (Å²) in [6.45, 7) is 0.347. The number of hydrogen-bond donors (Lipinski definition) is 4. The Morgan fingerprint density at radius 3 is 2.86 bits per heavy atom. The van der Waals surface area contributed by atoms with Crippen LogP contribution in [0.25, 0.3) is 0 Å². The predicted octanol–water partition coefficient (Wildman–Crippen LogP) is 1.63. The molecule has 2 amide bonds. The number of nitrogens with one attached hydrogen (secondary N) is 3. The minimum atomic E-state index is -1.12. The number of nitrogens with zero attached hydrogens (tertiary/aromatic N) is 2. The van der Waals surface area contributed by atoms with Crippen LogP contribution in [-0.4, -0.2) is 38.8 Å². The lowest BCUT2D eigenvalue weighted by atomic mass is 10.2. The lowest BCUT2D eigenvalue weighted by Crippen LogP contribution is -2.31. The monoisotopic (exact) mass is 353 g/mol. The van der Waals surface area contributed by atoms with Crippen molar-refractivity contribution in [1.82, 2.24) is 20.5 Å². The van der Waals surface area contributed by atoms with Gasteiger partial charge in [-0.05, 0) is 18.2 Å². The van der Waals surface area contributed by atoms with Gasteiger partial charge in [0.25, 0.3) is 0 Å². The second-order valence-electron chi connectivity index (χ2n) is 4.06. The molecule has 0 unspecified atom stereocenters. The van der Waals surface area contributed by atoms with Gasteiger partial charge >= 0.3 is 12.0 Å². The van der Waals surface area contributed by atoms with Crippen LogP contribution in [0.15, 0.2) is 29.0 Å². The molecule has 0 fully saturated rings. The number of carboxylic acids is 1. The van der Waals surface area contributed by atoms with Crippen molar-refractivity contribution in [3.8, 4) is 0 Å². The molecular formula is C12H12BrN5O3. The summed E-state index contributed by atoms with van der Waals surface area (Å²) >= 11 is 3.19. The number of urea groups is 1. The van der Waals surface area contributed by atoms with E-state index in [4.69, 9.17) is 5.11 Å². The Labute approximate surface area is 128 Å². The third-order valence-corrected chi connectivity index (χ3v) is 3.07. The summed E-state index contributed by atoms with van der Waals surface area (Å²) in [5, 5.41) is 20.6. The number of carboxylic acid groups (broad SMARTS) is 1. The van der Waals surface area contributed by atoms with Gasteiger partial charge in [0.15, 0.2) is 0 Å². The molecule has 9 heteroatoms. The molecule has 0 atom stereocenters. The zero-order chi connectivity index (χ0) is 15.2. The predicted molar refractivity (Wildman–Crippen MR) is 78.2 cm³/mol. The molecule has 21 heavy (non-hydrogen) atoms. The van der Waals surface area contributed by atoms with Gasteiger partial charge in [-0.25, -0.2) is 14.6 Å². The molecule has 1 heterocycles. The van der Waals surface area contributed by atoms with Crippen molar-refractivity contribution >= 4 is 33.6 Å². The van der Waals surface area contributed by atoms with Crippen LogP contribution in [0, 0.1) is 0 Å². The molecule has 4 N–H and O–H groups in total. The number of aromatic amines is 1. The Morgan fingerprint density at radius 2 is 2.19 bits per heavy atom. The molecule has 1 aromatic carbocycles. The summed E-state index contributed by atoms with van der Waals surface area (Å²) in [5.41, 5.74) is 0.234. The van der Waals surface area contributed by atoms with Gasteiger partial charge in [0.05, 0.1) is 11.3 Å². The lowest BCUT2D eigenvalue weighted by Gasteiger charge is -2.09. The number of amides is 2. The van der Waals surface area contributed by atoms with E-state index in [1.165, 1.54) is 18.5 Å². The Kier molecular flexibility index (Phi) is 4.88. The molecule has 0 radical (unpaired) electrons. The zero-order valence-corrected chi connectivity index (χ0v) is 12.3. The maximum atomic E-state index is 11.7. The number of aromatic carboxylic acids is 1. The van der Waals surface area contributed by atoms with Crippen LogP contribution in [0.1, 0.15) is 16.2 Å². The Balaban J connectivity index is 1.92. The number of rotatable bonds is 5. The van der Waals surface area contributed by atoms with E-state index in [-0.39, 0.29) is 11.3 Å². The zero-order valence-electron chi connectivity index (χ0n) is 10.8. The SMILES string of the molecule is O=C(NCCc1ncn[nH]1)Nc1ccc(Br)cc1C(=O)O. The van der Waals surface area contributed by atoms with Gasteiger partial charge in [0, 0.05) is 17.4 Å². The summed E-state index contributed by atoms with van der Waals surface area (Å²) in [7, 11) is 0. The minimum absolute atomic E-state index is 0.00904. The number of aromatic nitrogens is 3. The van der Waals surface area contributed by atoms with E-state index in [1.54, 1.807) is 6.07 Å². The molecule has 1 aromatic heterocycles. The van der Waals surface area contributed by atoms with Crippen LogP contribution in [-0.2, 0) is 6.42 Å². The second kappa shape index (κ2) is 6.84. The first-order valence-corrected chi connectivity index (χ1v) is 6.77. The fourth-order valence-electron chi connectivity index (χ4n) is 1.61. The highest BCUT2D eigenvalue weighted by molar-refractivity contribution is 9.10. The highest BCUT2D eigenvalue weighted by atomic mass is 79.9. The maximum Gasteiger partial charge on any atom is 0.337 e. The smallest absolute Gasteiger partial charge is 0.337 e. The number of halogens is 1. The van der Waals surface area contributed by atoms with Crippen LogP contribution in [0.3, 0.4) is 0 Å². The number of carbonyl (C=O) groups excluding carboxylic acids is 1. The second-order valence-corrected chi connectivity index (χ2v) is 4.97. The van der Waals surface area contributed by atoms with E-state index in [0.717, 1.165) is 0 Å². The van der Waals surface area contributed by atoms with E-state index < -0.39 is 12.0 Å². The molecule has 2 aromatic rings. The van der Waals surface area contributed by atoms with Crippen molar-refractivity contribution < 1.29 is 14.7 Å². The minimum Gasteiger partial charge on any atom is -0.478 e. The van der Waals surface area contributed by atoms with Gasteiger partial charge in [-0.3, -0.25) is 5.10 Å². The quantitative estimate of drug-likeness (QED) is 0.651. The highest BCUT2D eigenvalue weighted by Crippen LogP contribution is 2.21. The molecule has 8 nitrogen and oxygen atoms in total. The third kappa shape index (κ3) is 4.28. The standard InChI is InChI=1S/C12H12BrN5O3/c13-7-1-2-9(8(5-7)11(19)20)17-12(21)14-4-3-10-15-6-16-18-10/h1-2,5-6H,3-4H2,(H,19,20)(H2,14,17,21)(H,15,16,18). The summed E-state index contributed by atoms with van der Waals surface area (Å²) in [4.78, 5) is 26.8. The van der Waals surface area contributed by atoms with Gasteiger partial charge in [0.2, 0.25) is 0 Å². The summed E-state index contributed by atoms with van der Waals surface area (Å²) in [6, 6.07) is 4.10. The van der Waals surface area contributed by atoms with Crippen LogP contribution >= 0.6 is 15.9 Å². The third-order valence-electron chi connectivity index (χ3n) is 2.57. The highest BCUT2D eigenvalue weighted by Gasteiger charge is 2.12. The Hall–Kier alpha value is -2.42. The van der Waals surface area contributed by atoms with Crippen LogP contribution in [0.2, 0.25) is 0 Å². The first-order chi connectivity index (χ1) is 10.1. The summed E-state index contributed by atoms with van der Waals surface area (Å²) in [5.74, 6) is -0.460. The van der Waals surface area contributed by atoms with Gasteiger partial charge in [0.1, 0.15) is 12.2 Å². The van der Waals surface area contributed by atoms with Gasteiger partial charge in [-0.2, -0.15) is 5.10 Å². The van der Waals surface area contributed by atoms with Crippen molar-refractivity contribution in [2.75, 3.05) is 11.9 Å². The van der Waals surface area contributed by atoms with Crippen molar-refractivity contribution in [3.63, 3.8) is 0 Å². The van der Waals surface area contributed by atoms with E-state index >= 15 is 0 Å². The number of anilines is 1. The van der Waals surface area contributed by atoms with Crippen molar-refractivity contribution in [1.29, 1.82) is 0 Å². The van der Waals surface area contributed by atoms with Crippen LogP contribution in [0.5, 0.6) is 0 Å². The summed E-state index contributed by atoms with van der Waals surface area (Å²) in [6.07, 6.45) is 1.88. The molecule has 0 aliphatic heterocycles. The fourth-order valence-corrected chi connectivity index (χ4v) is 1.98. The van der Waals surface area contributed by atoms with Crippen LogP contribution < -0.4 is 10.6 Å². The molecule has 110 valence electrons. The average molecular weight is 354 g/mol. The molecule has 0 aliphatic rings. The van der Waals surface area contributed by atoms with E-state index in [9.17, 15) is 9.59 Å². The molecular weight excluding hydrogens is 342 g/mol. The molecule has 2 rings (SSSR count). The first kappa shape index (κ1) is 15.0. The first-order valence-electron chi connectivity index (χ1n) is 5.98. The molecule has 0 aliphatic carbocycles. The Morgan fingerprint density at radius 1 is 1.38 bits per heavy atom.